The Kier molecular flexibility index (Phi) is 3.46. The van der Waals surface area contributed by atoms with Crippen molar-refractivity contribution in [2.75, 3.05) is 6.54 Å². The van der Waals surface area contributed by atoms with E-state index in [2.05, 4.69) is 29.6 Å². The van der Waals surface area contributed by atoms with Crippen LogP contribution in [0, 0.1) is 0 Å². The van der Waals surface area contributed by atoms with E-state index < -0.39 is 5.41 Å². The SMILES string of the molecule is O=C(NCC1(c2ccccc2)CC1)C1(c2ccccc2Cl)CC1. The Balaban J connectivity index is 1.48. The molecule has 2 aromatic rings. The lowest BCUT2D eigenvalue weighted by Gasteiger charge is -2.21. The Morgan fingerprint density at radius 3 is 2.22 bits per heavy atom. The maximum absolute atomic E-state index is 12.8. The second-order valence-corrected chi connectivity index (χ2v) is 7.30. The molecule has 118 valence electrons. The summed E-state index contributed by atoms with van der Waals surface area (Å²) in [7, 11) is 0. The highest BCUT2D eigenvalue weighted by Crippen LogP contribution is 2.51. The van der Waals surface area contributed by atoms with Crippen LogP contribution < -0.4 is 5.32 Å². The second kappa shape index (κ2) is 5.38. The minimum atomic E-state index is -0.398. The van der Waals surface area contributed by atoms with Gasteiger partial charge in [0.1, 0.15) is 0 Å². The molecule has 0 atom stereocenters. The van der Waals surface area contributed by atoms with E-state index in [4.69, 9.17) is 11.6 Å². The number of amides is 1. The molecule has 4 rings (SSSR count). The fourth-order valence-electron chi connectivity index (χ4n) is 3.52. The molecule has 0 saturated heterocycles. The number of hydrogen-bond donors (Lipinski definition) is 1. The zero-order chi connectivity index (χ0) is 15.9. The first-order valence-corrected chi connectivity index (χ1v) is 8.63. The van der Waals surface area contributed by atoms with Crippen LogP contribution in [0.3, 0.4) is 0 Å². The van der Waals surface area contributed by atoms with Crippen molar-refractivity contribution >= 4 is 17.5 Å². The van der Waals surface area contributed by atoms with E-state index in [1.165, 1.54) is 5.56 Å². The van der Waals surface area contributed by atoms with Crippen molar-refractivity contribution in [1.82, 2.24) is 5.32 Å². The maximum Gasteiger partial charge on any atom is 0.230 e. The van der Waals surface area contributed by atoms with Gasteiger partial charge in [-0.25, -0.2) is 0 Å². The maximum atomic E-state index is 12.8. The van der Waals surface area contributed by atoms with Crippen molar-refractivity contribution < 1.29 is 4.79 Å². The summed E-state index contributed by atoms with van der Waals surface area (Å²) < 4.78 is 0. The number of carbonyl (C=O) groups excluding carboxylic acids is 1. The first-order valence-electron chi connectivity index (χ1n) is 8.25. The predicted molar refractivity (Wildman–Crippen MR) is 92.7 cm³/mol. The molecule has 2 nitrogen and oxygen atoms in total. The zero-order valence-corrected chi connectivity index (χ0v) is 13.8. The summed E-state index contributed by atoms with van der Waals surface area (Å²) in [5.41, 5.74) is 2.06. The molecule has 0 unspecified atom stereocenters. The predicted octanol–water partition coefficient (Wildman–Crippen LogP) is 4.22. The lowest BCUT2D eigenvalue weighted by atomic mass is 9.93. The van der Waals surface area contributed by atoms with Gasteiger partial charge in [0.2, 0.25) is 5.91 Å². The van der Waals surface area contributed by atoms with Crippen molar-refractivity contribution in [3.63, 3.8) is 0 Å². The van der Waals surface area contributed by atoms with Crippen molar-refractivity contribution in [2.24, 2.45) is 0 Å². The van der Waals surface area contributed by atoms with Gasteiger partial charge in [0, 0.05) is 17.0 Å². The van der Waals surface area contributed by atoms with Crippen LogP contribution in [0.15, 0.2) is 54.6 Å². The zero-order valence-electron chi connectivity index (χ0n) is 13.0. The van der Waals surface area contributed by atoms with Gasteiger partial charge in [-0.2, -0.15) is 0 Å². The summed E-state index contributed by atoms with van der Waals surface area (Å²) in [5.74, 6) is 0.132. The van der Waals surface area contributed by atoms with Gasteiger partial charge >= 0.3 is 0 Å². The number of rotatable bonds is 5. The van der Waals surface area contributed by atoms with Crippen LogP contribution >= 0.6 is 11.6 Å². The summed E-state index contributed by atoms with van der Waals surface area (Å²) >= 11 is 6.31. The number of hydrogen-bond acceptors (Lipinski definition) is 1. The Labute approximate surface area is 141 Å². The van der Waals surface area contributed by atoms with E-state index in [0.29, 0.717) is 5.02 Å². The Morgan fingerprint density at radius 2 is 1.61 bits per heavy atom. The molecule has 3 heteroatoms. The van der Waals surface area contributed by atoms with E-state index in [1.54, 1.807) is 0 Å². The second-order valence-electron chi connectivity index (χ2n) is 6.89. The molecule has 2 aliphatic carbocycles. The van der Waals surface area contributed by atoms with Crippen LogP contribution in [-0.2, 0) is 15.6 Å². The van der Waals surface area contributed by atoms with E-state index in [-0.39, 0.29) is 11.3 Å². The van der Waals surface area contributed by atoms with Crippen LogP contribution in [0.1, 0.15) is 36.8 Å². The Morgan fingerprint density at radius 1 is 0.957 bits per heavy atom. The first-order chi connectivity index (χ1) is 11.2. The highest BCUT2D eigenvalue weighted by Gasteiger charge is 2.53. The van der Waals surface area contributed by atoms with Gasteiger partial charge in [0.05, 0.1) is 5.41 Å². The molecule has 2 fully saturated rings. The van der Waals surface area contributed by atoms with E-state index in [9.17, 15) is 4.79 Å². The van der Waals surface area contributed by atoms with E-state index in [0.717, 1.165) is 37.8 Å². The van der Waals surface area contributed by atoms with Crippen molar-refractivity contribution in [1.29, 1.82) is 0 Å². The van der Waals surface area contributed by atoms with E-state index >= 15 is 0 Å². The molecular weight excluding hydrogens is 306 g/mol. The van der Waals surface area contributed by atoms with Crippen LogP contribution in [0.4, 0.5) is 0 Å². The van der Waals surface area contributed by atoms with Gasteiger partial charge in [-0.05, 0) is 42.9 Å². The third-order valence-corrected chi connectivity index (χ3v) is 5.73. The number of carbonyl (C=O) groups is 1. The smallest absolute Gasteiger partial charge is 0.230 e. The highest BCUT2D eigenvalue weighted by atomic mass is 35.5. The van der Waals surface area contributed by atoms with Gasteiger partial charge in [-0.3, -0.25) is 4.79 Å². The quantitative estimate of drug-likeness (QED) is 0.876. The summed E-state index contributed by atoms with van der Waals surface area (Å²) in [6, 6.07) is 18.2. The van der Waals surface area contributed by atoms with E-state index in [1.807, 2.05) is 30.3 Å². The molecule has 23 heavy (non-hydrogen) atoms. The molecule has 2 saturated carbocycles. The lowest BCUT2D eigenvalue weighted by Crippen LogP contribution is -2.39. The Hall–Kier alpha value is -1.80. The molecule has 0 aromatic heterocycles. The number of nitrogens with one attached hydrogen (secondary N) is 1. The van der Waals surface area contributed by atoms with Crippen LogP contribution in [0.5, 0.6) is 0 Å². The minimum absolute atomic E-state index is 0.132. The lowest BCUT2D eigenvalue weighted by molar-refractivity contribution is -0.123. The largest absolute Gasteiger partial charge is 0.354 e. The molecule has 0 bridgehead atoms. The highest BCUT2D eigenvalue weighted by molar-refractivity contribution is 6.31. The van der Waals surface area contributed by atoms with Crippen molar-refractivity contribution in [3.05, 3.63) is 70.7 Å². The monoisotopic (exact) mass is 325 g/mol. The van der Waals surface area contributed by atoms with Gasteiger partial charge in [0.25, 0.3) is 0 Å². The molecule has 1 N–H and O–H groups in total. The fraction of sp³-hybridized carbons (Fsp3) is 0.350. The van der Waals surface area contributed by atoms with Gasteiger partial charge in [-0.15, -0.1) is 0 Å². The standard InChI is InChI=1S/C20H20ClNO/c21-17-9-5-4-8-16(17)20(12-13-20)18(23)22-14-19(10-11-19)15-6-2-1-3-7-15/h1-9H,10-14H2,(H,22,23). The minimum Gasteiger partial charge on any atom is -0.354 e. The van der Waals surface area contributed by atoms with Crippen molar-refractivity contribution in [2.45, 2.75) is 36.5 Å². The van der Waals surface area contributed by atoms with Gasteiger partial charge in [0.15, 0.2) is 0 Å². The van der Waals surface area contributed by atoms with Gasteiger partial charge < -0.3 is 5.32 Å². The van der Waals surface area contributed by atoms with Gasteiger partial charge in [-0.1, -0.05) is 60.1 Å². The fourth-order valence-corrected chi connectivity index (χ4v) is 3.84. The molecular formula is C20H20ClNO. The van der Waals surface area contributed by atoms with Crippen LogP contribution in [0.2, 0.25) is 5.02 Å². The Bertz CT molecular complexity index is 732. The topological polar surface area (TPSA) is 29.1 Å². The van der Waals surface area contributed by atoms with Crippen molar-refractivity contribution in [3.8, 4) is 0 Å². The summed E-state index contributed by atoms with van der Waals surface area (Å²) in [6.45, 7) is 0.724. The first kappa shape index (κ1) is 14.8. The summed E-state index contributed by atoms with van der Waals surface area (Å²) in [4.78, 5) is 12.8. The normalized spacial score (nSPS) is 19.9. The molecule has 0 aliphatic heterocycles. The molecule has 2 aliphatic rings. The summed E-state index contributed by atoms with van der Waals surface area (Å²) in [5, 5.41) is 3.91. The number of halogens is 1. The molecule has 0 heterocycles. The summed E-state index contributed by atoms with van der Waals surface area (Å²) in [6.07, 6.45) is 4.08. The van der Waals surface area contributed by atoms with Crippen LogP contribution in [0.25, 0.3) is 0 Å². The molecule has 0 radical (unpaired) electrons. The number of benzene rings is 2. The average molecular weight is 326 g/mol. The molecule has 1 amide bonds. The van der Waals surface area contributed by atoms with Crippen LogP contribution in [-0.4, -0.2) is 12.5 Å². The molecule has 0 spiro atoms. The third-order valence-electron chi connectivity index (χ3n) is 5.40. The third kappa shape index (κ3) is 2.55. The molecule has 2 aromatic carbocycles. The average Bonchev–Trinajstić information content (AvgIpc) is 3.49.